The summed E-state index contributed by atoms with van der Waals surface area (Å²) in [4.78, 5) is 27.0. The van der Waals surface area contributed by atoms with E-state index < -0.39 is 11.7 Å². The molecule has 3 aromatic rings. The second-order valence-corrected chi connectivity index (χ2v) is 7.88. The third-order valence-electron chi connectivity index (χ3n) is 4.93. The summed E-state index contributed by atoms with van der Waals surface area (Å²) in [6.45, 7) is 1.98. The van der Waals surface area contributed by atoms with E-state index in [1.165, 1.54) is 36.3 Å². The number of carbonyl (C=O) groups excluding carboxylic acids is 1. The predicted octanol–water partition coefficient (Wildman–Crippen LogP) is 4.75. The van der Waals surface area contributed by atoms with E-state index in [0.717, 1.165) is 36.8 Å². The van der Waals surface area contributed by atoms with E-state index in [1.807, 2.05) is 6.92 Å². The number of nitrogens with one attached hydrogen (secondary N) is 1. The highest BCUT2D eigenvalue weighted by molar-refractivity contribution is 7.19. The van der Waals surface area contributed by atoms with Crippen LogP contribution in [0.5, 0.6) is 5.88 Å². The molecule has 1 aliphatic rings. The average Bonchev–Trinajstić information content (AvgIpc) is 3.10. The first-order chi connectivity index (χ1) is 13.7. The molecule has 3 heterocycles. The number of hydrogen-bond donors (Lipinski definition) is 1. The van der Waals surface area contributed by atoms with Gasteiger partial charge in [0.1, 0.15) is 17.3 Å². The summed E-state index contributed by atoms with van der Waals surface area (Å²) in [5.41, 5.74) is 0.554. The molecule has 0 radical (unpaired) electrons. The van der Waals surface area contributed by atoms with E-state index in [2.05, 4.69) is 20.3 Å². The largest absolute Gasteiger partial charge is 0.474 e. The van der Waals surface area contributed by atoms with Gasteiger partial charge in [-0.2, -0.15) is 0 Å². The van der Waals surface area contributed by atoms with E-state index in [0.29, 0.717) is 28.1 Å². The Morgan fingerprint density at radius 2 is 2.14 bits per heavy atom. The van der Waals surface area contributed by atoms with Gasteiger partial charge in [-0.1, -0.05) is 13.3 Å². The fraction of sp³-hybridized carbons (Fsp3) is 0.400. The molecule has 0 aromatic carbocycles. The zero-order valence-electron chi connectivity index (χ0n) is 15.6. The molecule has 1 amide bonds. The molecule has 6 nitrogen and oxygen atoms in total. The molecule has 0 saturated heterocycles. The average molecular weight is 400 g/mol. The van der Waals surface area contributed by atoms with E-state index in [1.54, 1.807) is 0 Å². The number of hydrogen-bond acceptors (Lipinski definition) is 6. The van der Waals surface area contributed by atoms with Crippen molar-refractivity contribution in [3.63, 3.8) is 0 Å². The standard InChI is InChI=1S/C20H21FN4O2S/c1-2-15-16(18(26)25-14-8-9-22-10-13(14)21)17-19(23-11-24-20(17)28-15)27-12-6-4-3-5-7-12/h8-12H,2-7H2,1H3,(H,22,25,26). The maximum atomic E-state index is 14.0. The number of aromatic nitrogens is 3. The Labute approximate surface area is 166 Å². The van der Waals surface area contributed by atoms with E-state index in [-0.39, 0.29) is 11.8 Å². The van der Waals surface area contributed by atoms with Gasteiger partial charge in [0.05, 0.1) is 22.8 Å². The topological polar surface area (TPSA) is 77.0 Å². The summed E-state index contributed by atoms with van der Waals surface area (Å²) >= 11 is 1.45. The zero-order chi connectivity index (χ0) is 19.5. The quantitative estimate of drug-likeness (QED) is 0.669. The summed E-state index contributed by atoms with van der Waals surface area (Å²) in [7, 11) is 0. The molecule has 1 fully saturated rings. The van der Waals surface area contributed by atoms with Crippen molar-refractivity contribution in [1.29, 1.82) is 0 Å². The molecule has 3 aromatic heterocycles. The Kier molecular flexibility index (Phi) is 5.47. The predicted molar refractivity (Wildman–Crippen MR) is 106 cm³/mol. The van der Waals surface area contributed by atoms with Crippen LogP contribution in [0, 0.1) is 5.82 Å². The minimum atomic E-state index is -0.580. The first-order valence-corrected chi connectivity index (χ1v) is 10.3. The lowest BCUT2D eigenvalue weighted by Gasteiger charge is -2.22. The number of halogens is 1. The van der Waals surface area contributed by atoms with Gasteiger partial charge in [-0.15, -0.1) is 11.3 Å². The van der Waals surface area contributed by atoms with Gasteiger partial charge < -0.3 is 10.1 Å². The van der Waals surface area contributed by atoms with Crippen LogP contribution in [0.2, 0.25) is 0 Å². The zero-order valence-corrected chi connectivity index (χ0v) is 16.4. The fourth-order valence-corrected chi connectivity index (χ4v) is 4.60. The third kappa shape index (κ3) is 3.69. The number of anilines is 1. The molecule has 1 aliphatic carbocycles. The summed E-state index contributed by atoms with van der Waals surface area (Å²) in [6, 6.07) is 1.43. The van der Waals surface area contributed by atoms with Gasteiger partial charge in [-0.3, -0.25) is 9.78 Å². The molecule has 1 N–H and O–H groups in total. The number of amides is 1. The fourth-order valence-electron chi connectivity index (χ4n) is 3.53. The van der Waals surface area contributed by atoms with Crippen LogP contribution in [0.4, 0.5) is 10.1 Å². The monoisotopic (exact) mass is 400 g/mol. The van der Waals surface area contributed by atoms with E-state index in [4.69, 9.17) is 4.74 Å². The number of thiophene rings is 1. The summed E-state index contributed by atoms with van der Waals surface area (Å²) < 4.78 is 20.1. The van der Waals surface area contributed by atoms with E-state index >= 15 is 0 Å². The molecule has 8 heteroatoms. The molecule has 0 atom stereocenters. The van der Waals surface area contributed by atoms with Crippen LogP contribution in [0.3, 0.4) is 0 Å². The van der Waals surface area contributed by atoms with Crippen molar-refractivity contribution in [2.45, 2.75) is 51.6 Å². The Hall–Kier alpha value is -2.61. The number of aryl methyl sites for hydroxylation is 1. The van der Waals surface area contributed by atoms with Crippen LogP contribution in [0.1, 0.15) is 54.3 Å². The lowest BCUT2D eigenvalue weighted by atomic mass is 9.98. The smallest absolute Gasteiger partial charge is 0.257 e. The molecule has 4 rings (SSSR count). The Morgan fingerprint density at radius 1 is 1.32 bits per heavy atom. The molecule has 0 unspecified atom stereocenters. The van der Waals surface area contributed by atoms with Gasteiger partial charge in [0.25, 0.3) is 5.91 Å². The highest BCUT2D eigenvalue weighted by atomic mass is 32.1. The lowest BCUT2D eigenvalue weighted by molar-refractivity contribution is 0.102. The van der Waals surface area contributed by atoms with Crippen molar-refractivity contribution in [2.75, 3.05) is 5.32 Å². The van der Waals surface area contributed by atoms with Crippen molar-refractivity contribution in [2.24, 2.45) is 0 Å². The highest BCUT2D eigenvalue weighted by Gasteiger charge is 2.25. The number of nitrogens with zero attached hydrogens (tertiary/aromatic N) is 3. The van der Waals surface area contributed by atoms with Gasteiger partial charge in [0, 0.05) is 11.1 Å². The second kappa shape index (κ2) is 8.18. The second-order valence-electron chi connectivity index (χ2n) is 6.80. The molecule has 0 spiro atoms. The first-order valence-electron chi connectivity index (χ1n) is 9.51. The van der Waals surface area contributed by atoms with Crippen molar-refractivity contribution in [3.05, 3.63) is 41.0 Å². The van der Waals surface area contributed by atoms with Crippen molar-refractivity contribution >= 4 is 33.1 Å². The van der Waals surface area contributed by atoms with Crippen LogP contribution < -0.4 is 10.1 Å². The van der Waals surface area contributed by atoms with Gasteiger partial charge in [-0.25, -0.2) is 14.4 Å². The molecule has 28 heavy (non-hydrogen) atoms. The Bertz CT molecular complexity index is 1000. The van der Waals surface area contributed by atoms with Gasteiger partial charge in [-0.05, 0) is 38.2 Å². The van der Waals surface area contributed by atoms with Gasteiger partial charge in [0.15, 0.2) is 5.82 Å². The molecular formula is C20H21FN4O2S. The third-order valence-corrected chi connectivity index (χ3v) is 6.17. The normalized spacial score (nSPS) is 14.9. The Morgan fingerprint density at radius 3 is 2.89 bits per heavy atom. The molecule has 0 bridgehead atoms. The van der Waals surface area contributed by atoms with Crippen molar-refractivity contribution < 1.29 is 13.9 Å². The van der Waals surface area contributed by atoms with Crippen molar-refractivity contribution in [3.8, 4) is 5.88 Å². The number of pyridine rings is 1. The summed E-state index contributed by atoms with van der Waals surface area (Å²) in [6.07, 6.45) is 10.2. The SMILES string of the molecule is CCc1sc2ncnc(OC3CCCCC3)c2c1C(=O)Nc1ccncc1F. The first kappa shape index (κ1) is 18.7. The molecule has 1 saturated carbocycles. The molecule has 0 aliphatic heterocycles. The minimum Gasteiger partial charge on any atom is -0.474 e. The molecular weight excluding hydrogens is 379 g/mol. The van der Waals surface area contributed by atoms with Crippen LogP contribution in [0.25, 0.3) is 10.2 Å². The van der Waals surface area contributed by atoms with E-state index in [9.17, 15) is 9.18 Å². The number of fused-ring (bicyclic) bond motifs is 1. The van der Waals surface area contributed by atoms with Crippen LogP contribution >= 0.6 is 11.3 Å². The van der Waals surface area contributed by atoms with Gasteiger partial charge >= 0.3 is 0 Å². The Balaban J connectivity index is 1.73. The lowest BCUT2D eigenvalue weighted by Crippen LogP contribution is -2.21. The molecule has 146 valence electrons. The maximum Gasteiger partial charge on any atom is 0.257 e. The minimum absolute atomic E-state index is 0.0907. The number of rotatable bonds is 5. The number of carbonyl (C=O) groups is 1. The van der Waals surface area contributed by atoms with Crippen LogP contribution in [-0.4, -0.2) is 27.0 Å². The summed E-state index contributed by atoms with van der Waals surface area (Å²) in [5, 5.41) is 3.26. The van der Waals surface area contributed by atoms with Crippen LogP contribution in [0.15, 0.2) is 24.8 Å². The highest BCUT2D eigenvalue weighted by Crippen LogP contribution is 2.37. The summed E-state index contributed by atoms with van der Waals surface area (Å²) in [5.74, 6) is -0.534. The van der Waals surface area contributed by atoms with Crippen LogP contribution in [-0.2, 0) is 6.42 Å². The maximum absolute atomic E-state index is 14.0. The van der Waals surface area contributed by atoms with Crippen molar-refractivity contribution in [1.82, 2.24) is 15.0 Å². The van der Waals surface area contributed by atoms with Gasteiger partial charge in [0.2, 0.25) is 5.88 Å². The number of ether oxygens (including phenoxy) is 1.